The van der Waals surface area contributed by atoms with E-state index in [0.29, 0.717) is 30.6 Å². The van der Waals surface area contributed by atoms with Gasteiger partial charge in [-0.15, -0.1) is 16.4 Å². The molecule has 0 aliphatic carbocycles. The minimum atomic E-state index is -0.210. The maximum Gasteiger partial charge on any atom is 0.230 e. The number of ether oxygens (including phenoxy) is 2. The summed E-state index contributed by atoms with van der Waals surface area (Å²) in [6, 6.07) is 11.5. The number of hydrogen-bond donors (Lipinski definition) is 1. The lowest BCUT2D eigenvalue weighted by molar-refractivity contribution is -0.119. The van der Waals surface area contributed by atoms with Crippen LogP contribution in [0, 0.1) is 0 Å². The molecule has 0 saturated heterocycles. The number of hydrogen-bond acceptors (Lipinski definition) is 8. The second kappa shape index (κ2) is 8.40. The van der Waals surface area contributed by atoms with Gasteiger partial charge in [0.2, 0.25) is 11.1 Å². The van der Waals surface area contributed by atoms with Crippen LogP contribution in [0.15, 0.2) is 46.9 Å². The summed E-state index contributed by atoms with van der Waals surface area (Å²) in [4.78, 5) is 13.3. The van der Waals surface area contributed by atoms with Crippen molar-refractivity contribution in [2.45, 2.75) is 17.8 Å². The summed E-state index contributed by atoms with van der Waals surface area (Å²) >= 11 is 2.95. The van der Waals surface area contributed by atoms with Gasteiger partial charge in [-0.3, -0.25) is 4.79 Å². The number of aromatic nitrogens is 4. The molecule has 1 N–H and O–H groups in total. The lowest BCUT2D eigenvalue weighted by Gasteiger charge is -2.26. The van der Waals surface area contributed by atoms with Gasteiger partial charge in [0.25, 0.3) is 0 Å². The van der Waals surface area contributed by atoms with E-state index in [0.717, 1.165) is 10.6 Å². The minimum absolute atomic E-state index is 0.104. The van der Waals surface area contributed by atoms with Crippen LogP contribution in [0.4, 0.5) is 0 Å². The molecule has 0 spiro atoms. The van der Waals surface area contributed by atoms with Crippen molar-refractivity contribution in [2.24, 2.45) is 0 Å². The molecule has 0 bridgehead atoms. The number of para-hydroxylation sites is 2. The molecule has 1 amide bonds. The highest BCUT2D eigenvalue weighted by Crippen LogP contribution is 2.30. The number of amides is 1. The zero-order valence-corrected chi connectivity index (χ0v) is 15.9. The standard InChI is InChI=1S/C17H17N5O3S2/c23-16(18-8-12-10-24-14-5-1-2-6-15(14)25-12)11-27-17-19-20-21-22(17)9-13-4-3-7-26-13/h1-7,12H,8-11H2,(H,18,23). The van der Waals surface area contributed by atoms with Gasteiger partial charge in [-0.1, -0.05) is 30.0 Å². The summed E-state index contributed by atoms with van der Waals surface area (Å²) in [6.07, 6.45) is -0.210. The van der Waals surface area contributed by atoms with Crippen molar-refractivity contribution < 1.29 is 14.3 Å². The molecule has 1 unspecified atom stereocenters. The van der Waals surface area contributed by atoms with Crippen molar-refractivity contribution in [3.8, 4) is 11.5 Å². The van der Waals surface area contributed by atoms with Crippen LogP contribution in [0.25, 0.3) is 0 Å². The van der Waals surface area contributed by atoms with Gasteiger partial charge in [-0.05, 0) is 34.0 Å². The molecule has 1 aliphatic rings. The van der Waals surface area contributed by atoms with E-state index in [1.165, 1.54) is 11.8 Å². The highest BCUT2D eigenvalue weighted by molar-refractivity contribution is 7.99. The first-order valence-electron chi connectivity index (χ1n) is 8.34. The van der Waals surface area contributed by atoms with E-state index in [1.807, 2.05) is 41.8 Å². The van der Waals surface area contributed by atoms with E-state index in [2.05, 4.69) is 20.8 Å². The largest absolute Gasteiger partial charge is 0.486 e. The van der Waals surface area contributed by atoms with Gasteiger partial charge in [0, 0.05) is 4.88 Å². The molecule has 1 atom stereocenters. The van der Waals surface area contributed by atoms with Gasteiger partial charge < -0.3 is 14.8 Å². The first-order valence-corrected chi connectivity index (χ1v) is 10.2. The Hall–Kier alpha value is -2.59. The lowest BCUT2D eigenvalue weighted by atomic mass is 10.2. The number of thioether (sulfide) groups is 1. The Labute approximate surface area is 163 Å². The molecule has 8 nitrogen and oxygen atoms in total. The Balaban J connectivity index is 1.23. The van der Waals surface area contributed by atoms with Gasteiger partial charge in [-0.25, -0.2) is 4.68 Å². The number of fused-ring (bicyclic) bond motifs is 1. The summed E-state index contributed by atoms with van der Waals surface area (Å²) in [5, 5.41) is 17.2. The van der Waals surface area contributed by atoms with E-state index in [1.54, 1.807) is 16.0 Å². The predicted molar refractivity (Wildman–Crippen MR) is 101 cm³/mol. The summed E-state index contributed by atoms with van der Waals surface area (Å²) in [5.74, 6) is 1.56. The van der Waals surface area contributed by atoms with Crippen LogP contribution in [-0.2, 0) is 11.3 Å². The monoisotopic (exact) mass is 403 g/mol. The van der Waals surface area contributed by atoms with Crippen molar-refractivity contribution in [1.82, 2.24) is 25.5 Å². The first kappa shape index (κ1) is 17.8. The Bertz CT molecular complexity index is 900. The molecular weight excluding hydrogens is 386 g/mol. The predicted octanol–water partition coefficient (Wildman–Crippen LogP) is 1.83. The van der Waals surface area contributed by atoms with Crippen LogP contribution >= 0.6 is 23.1 Å². The molecular formula is C17H17N5O3S2. The molecule has 10 heteroatoms. The van der Waals surface area contributed by atoms with Gasteiger partial charge in [-0.2, -0.15) is 0 Å². The molecule has 1 aliphatic heterocycles. The summed E-state index contributed by atoms with van der Waals surface area (Å²) in [6.45, 7) is 1.39. The van der Waals surface area contributed by atoms with Crippen molar-refractivity contribution in [2.75, 3.05) is 18.9 Å². The fourth-order valence-corrected chi connectivity index (χ4v) is 3.91. The Morgan fingerprint density at radius 1 is 1.30 bits per heavy atom. The van der Waals surface area contributed by atoms with Crippen LogP contribution < -0.4 is 14.8 Å². The molecule has 1 aromatic carbocycles. The zero-order chi connectivity index (χ0) is 18.5. The number of benzene rings is 1. The molecule has 140 valence electrons. The van der Waals surface area contributed by atoms with Gasteiger partial charge in [0.15, 0.2) is 11.5 Å². The molecule has 0 radical (unpaired) electrons. The van der Waals surface area contributed by atoms with Gasteiger partial charge in [0.1, 0.15) is 12.7 Å². The summed E-state index contributed by atoms with van der Waals surface area (Å²) in [7, 11) is 0. The van der Waals surface area contributed by atoms with Gasteiger partial charge >= 0.3 is 0 Å². The fraction of sp³-hybridized carbons (Fsp3) is 0.294. The molecule has 0 fully saturated rings. The van der Waals surface area contributed by atoms with E-state index < -0.39 is 0 Å². The second-order valence-electron chi connectivity index (χ2n) is 5.79. The number of nitrogens with one attached hydrogen (secondary N) is 1. The third-order valence-corrected chi connectivity index (χ3v) is 5.63. The van der Waals surface area contributed by atoms with Crippen LogP contribution in [0.1, 0.15) is 4.88 Å². The molecule has 27 heavy (non-hydrogen) atoms. The Kier molecular flexibility index (Phi) is 5.54. The van der Waals surface area contributed by atoms with E-state index in [9.17, 15) is 4.79 Å². The normalized spacial score (nSPS) is 15.5. The molecule has 2 aromatic heterocycles. The number of carbonyl (C=O) groups excluding carboxylic acids is 1. The first-order chi connectivity index (χ1) is 13.3. The number of thiophene rings is 1. The SMILES string of the molecule is O=C(CSc1nnnn1Cc1cccs1)NCC1COc2ccccc2O1. The van der Waals surface area contributed by atoms with Crippen LogP contribution in [0.2, 0.25) is 0 Å². The smallest absolute Gasteiger partial charge is 0.230 e. The van der Waals surface area contributed by atoms with Crippen LogP contribution in [-0.4, -0.2) is 51.1 Å². The van der Waals surface area contributed by atoms with Crippen molar-refractivity contribution in [3.63, 3.8) is 0 Å². The maximum atomic E-state index is 12.2. The molecule has 3 aromatic rings. The molecule has 4 rings (SSSR count). The summed E-state index contributed by atoms with van der Waals surface area (Å²) in [5.41, 5.74) is 0. The Morgan fingerprint density at radius 2 is 2.19 bits per heavy atom. The van der Waals surface area contributed by atoms with Crippen LogP contribution in [0.3, 0.4) is 0 Å². The highest BCUT2D eigenvalue weighted by atomic mass is 32.2. The molecule has 0 saturated carbocycles. The van der Waals surface area contributed by atoms with Crippen LogP contribution in [0.5, 0.6) is 11.5 Å². The third kappa shape index (κ3) is 4.58. The fourth-order valence-electron chi connectivity index (χ4n) is 2.52. The van der Waals surface area contributed by atoms with E-state index in [-0.39, 0.29) is 17.8 Å². The Morgan fingerprint density at radius 3 is 3.04 bits per heavy atom. The zero-order valence-electron chi connectivity index (χ0n) is 14.3. The van der Waals surface area contributed by atoms with E-state index >= 15 is 0 Å². The number of tetrazole rings is 1. The number of rotatable bonds is 7. The minimum Gasteiger partial charge on any atom is -0.486 e. The number of nitrogens with zero attached hydrogens (tertiary/aromatic N) is 4. The summed E-state index contributed by atoms with van der Waals surface area (Å²) < 4.78 is 13.2. The average molecular weight is 403 g/mol. The topological polar surface area (TPSA) is 91.2 Å². The van der Waals surface area contributed by atoms with Crippen molar-refractivity contribution >= 4 is 29.0 Å². The maximum absolute atomic E-state index is 12.2. The lowest BCUT2D eigenvalue weighted by Crippen LogP contribution is -2.41. The molecule has 3 heterocycles. The van der Waals surface area contributed by atoms with Crippen molar-refractivity contribution in [1.29, 1.82) is 0 Å². The third-order valence-electron chi connectivity index (χ3n) is 3.81. The highest BCUT2D eigenvalue weighted by Gasteiger charge is 2.21. The number of carbonyl (C=O) groups is 1. The van der Waals surface area contributed by atoms with Crippen molar-refractivity contribution in [3.05, 3.63) is 46.7 Å². The average Bonchev–Trinajstić information content (AvgIpc) is 3.37. The van der Waals surface area contributed by atoms with Gasteiger partial charge in [0.05, 0.1) is 18.8 Å². The quantitative estimate of drug-likeness (QED) is 0.602. The second-order valence-corrected chi connectivity index (χ2v) is 7.76. The van der Waals surface area contributed by atoms with E-state index in [4.69, 9.17) is 9.47 Å².